The topological polar surface area (TPSA) is 89.9 Å². The van der Waals surface area contributed by atoms with Crippen molar-refractivity contribution in [3.8, 4) is 0 Å². The molecule has 112 valence electrons. The average molecular weight is 298 g/mol. The zero-order valence-electron chi connectivity index (χ0n) is 10.8. The second-order valence-electron chi connectivity index (χ2n) is 4.63. The number of halogens is 1. The molecule has 8 heteroatoms. The lowest BCUT2D eigenvalue weighted by molar-refractivity contribution is -0.174. The summed E-state index contributed by atoms with van der Waals surface area (Å²) in [4.78, 5) is 11.7. The Kier molecular flexibility index (Phi) is 5.69. The maximum absolute atomic E-state index is 14.1. The van der Waals surface area contributed by atoms with E-state index in [0.717, 1.165) is 19.3 Å². The number of carbonyl (C=O) groups excluding carboxylic acids is 1. The van der Waals surface area contributed by atoms with Crippen LogP contribution in [-0.2, 0) is 24.4 Å². The van der Waals surface area contributed by atoms with Crippen LogP contribution in [0.5, 0.6) is 0 Å². The van der Waals surface area contributed by atoms with Crippen LogP contribution in [0.1, 0.15) is 38.5 Å². The van der Waals surface area contributed by atoms with Gasteiger partial charge < -0.3 is 9.47 Å². The molecule has 1 aliphatic rings. The fourth-order valence-corrected chi connectivity index (χ4v) is 2.56. The van der Waals surface area contributed by atoms with E-state index >= 15 is 0 Å². The fourth-order valence-electron chi connectivity index (χ4n) is 2.03. The summed E-state index contributed by atoms with van der Waals surface area (Å²) in [7, 11) is -3.92. The van der Waals surface area contributed by atoms with Gasteiger partial charge in [0.15, 0.2) is 0 Å². The lowest BCUT2D eigenvalue weighted by Gasteiger charge is -2.26. The van der Waals surface area contributed by atoms with E-state index < -0.39 is 33.6 Å². The first-order chi connectivity index (χ1) is 8.80. The van der Waals surface area contributed by atoms with Gasteiger partial charge in [0.25, 0.3) is 0 Å². The Morgan fingerprint density at radius 3 is 2.42 bits per heavy atom. The van der Waals surface area contributed by atoms with Crippen molar-refractivity contribution in [1.29, 1.82) is 0 Å². The van der Waals surface area contributed by atoms with E-state index in [9.17, 15) is 17.6 Å². The molecule has 1 rings (SSSR count). The number of rotatable bonds is 6. The minimum atomic E-state index is -5.16. The molecule has 6 nitrogen and oxygen atoms in total. The van der Waals surface area contributed by atoms with Crippen LogP contribution in [0, 0.1) is 5.92 Å². The molecule has 1 N–H and O–H groups in total. The summed E-state index contributed by atoms with van der Waals surface area (Å²) in [5.74, 6) is -1.43. The Morgan fingerprint density at radius 1 is 1.37 bits per heavy atom. The van der Waals surface area contributed by atoms with Crippen LogP contribution in [0.3, 0.4) is 0 Å². The summed E-state index contributed by atoms with van der Waals surface area (Å²) in [5, 5.41) is -3.43. The van der Waals surface area contributed by atoms with Gasteiger partial charge in [-0.05, 0) is 12.8 Å². The first-order valence-corrected chi connectivity index (χ1v) is 7.62. The molecule has 0 spiro atoms. The van der Waals surface area contributed by atoms with Crippen LogP contribution < -0.4 is 0 Å². The number of carbonyl (C=O) groups is 1. The number of esters is 1. The van der Waals surface area contributed by atoms with Gasteiger partial charge in [-0.3, -0.25) is 9.35 Å². The SMILES string of the molecule is COCCC(F)(OC(=O)C1CCCCC1)S(=O)(=O)O. The van der Waals surface area contributed by atoms with Gasteiger partial charge >= 0.3 is 21.3 Å². The zero-order valence-corrected chi connectivity index (χ0v) is 11.6. The van der Waals surface area contributed by atoms with Crippen molar-refractivity contribution in [2.75, 3.05) is 13.7 Å². The van der Waals surface area contributed by atoms with Crippen LogP contribution in [0.15, 0.2) is 0 Å². The third kappa shape index (κ3) is 4.39. The van der Waals surface area contributed by atoms with Crippen LogP contribution in [0.2, 0.25) is 0 Å². The van der Waals surface area contributed by atoms with Gasteiger partial charge in [-0.25, -0.2) is 0 Å². The molecule has 0 amide bonds. The first-order valence-electron chi connectivity index (χ1n) is 6.18. The summed E-state index contributed by atoms with van der Waals surface area (Å²) >= 11 is 0. The number of alkyl halides is 1. The summed E-state index contributed by atoms with van der Waals surface area (Å²) in [6.45, 7) is -0.297. The predicted molar refractivity (Wildman–Crippen MR) is 64.5 cm³/mol. The smallest absolute Gasteiger partial charge is 0.379 e. The molecular weight excluding hydrogens is 279 g/mol. The molecule has 1 atom stereocenters. The van der Waals surface area contributed by atoms with Gasteiger partial charge in [-0.15, -0.1) is 0 Å². The Labute approximate surface area is 112 Å². The van der Waals surface area contributed by atoms with Crippen molar-refractivity contribution in [3.63, 3.8) is 0 Å². The van der Waals surface area contributed by atoms with E-state index in [0.29, 0.717) is 12.8 Å². The van der Waals surface area contributed by atoms with E-state index in [1.54, 1.807) is 0 Å². The van der Waals surface area contributed by atoms with Gasteiger partial charge in [0, 0.05) is 7.11 Å². The molecule has 0 saturated heterocycles. The minimum Gasteiger partial charge on any atom is -0.412 e. The molecule has 0 aromatic rings. The highest BCUT2D eigenvalue weighted by Gasteiger charge is 2.48. The minimum absolute atomic E-state index is 0.297. The molecule has 0 radical (unpaired) electrons. The summed E-state index contributed by atoms with van der Waals surface area (Å²) in [6.07, 6.45) is 2.97. The molecular formula is C11H19FO6S. The summed E-state index contributed by atoms with van der Waals surface area (Å²) in [6, 6.07) is 0. The Morgan fingerprint density at radius 2 is 1.95 bits per heavy atom. The Bertz CT molecular complexity index is 403. The predicted octanol–water partition coefficient (Wildman–Crippen LogP) is 1.66. The van der Waals surface area contributed by atoms with Crippen molar-refractivity contribution in [3.05, 3.63) is 0 Å². The Hall–Kier alpha value is -0.730. The van der Waals surface area contributed by atoms with Gasteiger partial charge in [-0.1, -0.05) is 19.3 Å². The van der Waals surface area contributed by atoms with E-state index in [1.165, 1.54) is 7.11 Å². The lowest BCUT2D eigenvalue weighted by Crippen LogP contribution is -2.41. The van der Waals surface area contributed by atoms with Crippen molar-refractivity contribution in [1.82, 2.24) is 0 Å². The van der Waals surface area contributed by atoms with E-state index in [-0.39, 0.29) is 6.61 Å². The Balaban J connectivity index is 2.74. The third-order valence-corrected chi connectivity index (χ3v) is 4.24. The van der Waals surface area contributed by atoms with Gasteiger partial charge in [-0.2, -0.15) is 12.8 Å². The standard InChI is InChI=1S/C11H19FO6S/c1-17-8-7-11(12,19(14,15)16)18-10(13)9-5-3-2-4-6-9/h9H,2-8H2,1H3,(H,14,15,16). The molecule has 0 bridgehead atoms. The normalized spacial score (nSPS) is 20.8. The molecule has 19 heavy (non-hydrogen) atoms. The highest BCUT2D eigenvalue weighted by Crippen LogP contribution is 2.30. The van der Waals surface area contributed by atoms with Crippen molar-refractivity contribution in [2.24, 2.45) is 5.92 Å². The zero-order chi connectivity index (χ0) is 14.5. The number of methoxy groups -OCH3 is 1. The number of ether oxygens (including phenoxy) is 2. The lowest BCUT2D eigenvalue weighted by atomic mass is 9.89. The van der Waals surface area contributed by atoms with E-state index in [1.807, 2.05) is 0 Å². The summed E-state index contributed by atoms with van der Waals surface area (Å²) < 4.78 is 54.0. The van der Waals surface area contributed by atoms with Crippen molar-refractivity contribution in [2.45, 2.75) is 43.7 Å². The molecule has 0 aromatic carbocycles. The van der Waals surface area contributed by atoms with Crippen molar-refractivity contribution < 1.29 is 31.6 Å². The largest absolute Gasteiger partial charge is 0.412 e. The average Bonchev–Trinajstić information content (AvgIpc) is 2.36. The first kappa shape index (κ1) is 16.3. The van der Waals surface area contributed by atoms with Gasteiger partial charge in [0.2, 0.25) is 0 Å². The van der Waals surface area contributed by atoms with Crippen LogP contribution in [-0.4, -0.2) is 37.8 Å². The molecule has 1 saturated carbocycles. The maximum Gasteiger partial charge on any atom is 0.379 e. The second-order valence-corrected chi connectivity index (χ2v) is 6.19. The quantitative estimate of drug-likeness (QED) is 0.592. The summed E-state index contributed by atoms with van der Waals surface area (Å²) in [5.41, 5.74) is 0. The second kappa shape index (κ2) is 6.62. The monoisotopic (exact) mass is 298 g/mol. The highest BCUT2D eigenvalue weighted by atomic mass is 32.2. The molecule has 1 fully saturated rings. The van der Waals surface area contributed by atoms with Crippen LogP contribution >= 0.6 is 0 Å². The van der Waals surface area contributed by atoms with Crippen LogP contribution in [0.4, 0.5) is 4.39 Å². The molecule has 0 aromatic heterocycles. The van der Waals surface area contributed by atoms with Gasteiger partial charge in [0.1, 0.15) is 0 Å². The third-order valence-electron chi connectivity index (χ3n) is 3.18. The van der Waals surface area contributed by atoms with E-state index in [4.69, 9.17) is 4.55 Å². The highest BCUT2D eigenvalue weighted by molar-refractivity contribution is 7.86. The molecule has 0 aliphatic heterocycles. The van der Waals surface area contributed by atoms with Crippen molar-refractivity contribution >= 4 is 16.1 Å². The van der Waals surface area contributed by atoms with E-state index in [2.05, 4.69) is 9.47 Å². The number of hydrogen-bond donors (Lipinski definition) is 1. The van der Waals surface area contributed by atoms with Crippen LogP contribution in [0.25, 0.3) is 0 Å². The number of hydrogen-bond acceptors (Lipinski definition) is 5. The maximum atomic E-state index is 14.1. The fraction of sp³-hybridized carbons (Fsp3) is 0.909. The van der Waals surface area contributed by atoms with Gasteiger partial charge in [0.05, 0.1) is 18.9 Å². The molecule has 0 heterocycles. The molecule has 1 aliphatic carbocycles. The molecule has 1 unspecified atom stereocenters.